The number of fused-ring (bicyclic) bond motifs is 1. The molecule has 7 nitrogen and oxygen atoms in total. The van der Waals surface area contributed by atoms with Crippen LogP contribution in [0, 0.1) is 6.92 Å². The predicted octanol–water partition coefficient (Wildman–Crippen LogP) is 5.60. The summed E-state index contributed by atoms with van der Waals surface area (Å²) in [6.07, 6.45) is -3.04. The number of aromatic amines is 1. The molecule has 0 spiro atoms. The first-order valence-corrected chi connectivity index (χ1v) is 9.81. The van der Waals surface area contributed by atoms with Gasteiger partial charge < -0.3 is 13.9 Å². The zero-order chi connectivity index (χ0) is 21.8. The Bertz CT molecular complexity index is 1330. The molecule has 0 saturated carbocycles. The van der Waals surface area contributed by atoms with Crippen LogP contribution >= 0.6 is 15.9 Å². The molecule has 0 amide bonds. The topological polar surface area (TPSA) is 90.2 Å². The van der Waals surface area contributed by atoms with E-state index >= 15 is 0 Å². The molecule has 1 N–H and O–H groups in total. The molecular formula is C21H12BrF2N3O4. The number of aldehydes is 1. The Labute approximate surface area is 182 Å². The van der Waals surface area contributed by atoms with Crippen LogP contribution in [0.2, 0.25) is 0 Å². The highest BCUT2D eigenvalue weighted by molar-refractivity contribution is 9.10. The number of hydrogen-bond acceptors (Lipinski definition) is 6. The van der Waals surface area contributed by atoms with Crippen molar-refractivity contribution in [2.45, 2.75) is 13.2 Å². The number of ether oxygens (including phenoxy) is 2. The molecule has 1 aliphatic heterocycles. The highest BCUT2D eigenvalue weighted by atomic mass is 79.9. The lowest BCUT2D eigenvalue weighted by atomic mass is 9.99. The first kappa shape index (κ1) is 19.4. The van der Waals surface area contributed by atoms with Crippen molar-refractivity contribution in [3.05, 3.63) is 58.5 Å². The normalized spacial score (nSPS) is 14.1. The molecule has 31 heavy (non-hydrogen) atoms. The molecule has 0 unspecified atom stereocenters. The van der Waals surface area contributed by atoms with E-state index < -0.39 is 6.29 Å². The number of hydrogen-bond donors (Lipinski definition) is 1. The van der Waals surface area contributed by atoms with Crippen LogP contribution in [0.5, 0.6) is 11.5 Å². The minimum atomic E-state index is -3.71. The van der Waals surface area contributed by atoms with E-state index in [0.717, 1.165) is 4.47 Å². The summed E-state index contributed by atoms with van der Waals surface area (Å²) in [5, 5.41) is 6.85. The number of halogens is 3. The molecule has 0 saturated heterocycles. The van der Waals surface area contributed by atoms with E-state index in [1.165, 1.54) is 12.1 Å². The summed E-state index contributed by atoms with van der Waals surface area (Å²) in [5.41, 5.74) is 3.15. The van der Waals surface area contributed by atoms with Gasteiger partial charge in [-0.25, -0.2) is 4.98 Å². The summed E-state index contributed by atoms with van der Waals surface area (Å²) in [7, 11) is 0. The Kier molecular flexibility index (Phi) is 4.40. The van der Waals surface area contributed by atoms with Gasteiger partial charge in [-0.05, 0) is 36.4 Å². The minimum Gasteiger partial charge on any atom is -0.440 e. The zero-order valence-corrected chi connectivity index (χ0v) is 17.4. The standard InChI is InChI=1S/C21H12BrF2N3O4/c1-10-25-19(11-2-5-17-18(6-11)31-21(23,24)30-17)20(29-10)15-7-12(22)3-4-14(15)16-8-13(9-28)26-27-16/h2-9H,1H3,(H,26,27). The smallest absolute Gasteiger partial charge is 0.440 e. The lowest BCUT2D eigenvalue weighted by Gasteiger charge is -2.08. The second kappa shape index (κ2) is 7.02. The van der Waals surface area contributed by atoms with Crippen molar-refractivity contribution in [1.82, 2.24) is 15.2 Å². The van der Waals surface area contributed by atoms with Gasteiger partial charge in [-0.2, -0.15) is 5.10 Å². The first-order chi connectivity index (χ1) is 14.8. The molecule has 2 aromatic heterocycles. The Morgan fingerprint density at radius 1 is 1.06 bits per heavy atom. The number of rotatable bonds is 4. The summed E-state index contributed by atoms with van der Waals surface area (Å²) >= 11 is 3.46. The van der Waals surface area contributed by atoms with Crippen LogP contribution in [-0.4, -0.2) is 27.8 Å². The summed E-state index contributed by atoms with van der Waals surface area (Å²) in [6, 6.07) is 11.5. The summed E-state index contributed by atoms with van der Waals surface area (Å²) in [5.74, 6) is 0.646. The molecule has 4 aromatic rings. The fourth-order valence-corrected chi connectivity index (χ4v) is 3.73. The van der Waals surface area contributed by atoms with Gasteiger partial charge in [0.2, 0.25) is 0 Å². The van der Waals surface area contributed by atoms with E-state index in [9.17, 15) is 13.6 Å². The molecule has 1 aliphatic rings. The second-order valence-corrected chi connectivity index (χ2v) is 7.67. The highest BCUT2D eigenvalue weighted by Crippen LogP contribution is 2.45. The molecule has 0 aliphatic carbocycles. The minimum absolute atomic E-state index is 0.0587. The van der Waals surface area contributed by atoms with Gasteiger partial charge in [-0.1, -0.05) is 22.0 Å². The molecule has 2 aromatic carbocycles. The van der Waals surface area contributed by atoms with Gasteiger partial charge in [0.1, 0.15) is 5.69 Å². The van der Waals surface area contributed by atoms with Crippen LogP contribution in [0.3, 0.4) is 0 Å². The first-order valence-electron chi connectivity index (χ1n) is 9.01. The highest BCUT2D eigenvalue weighted by Gasteiger charge is 2.43. The quantitative estimate of drug-likeness (QED) is 0.376. The summed E-state index contributed by atoms with van der Waals surface area (Å²) < 4.78 is 42.6. The number of nitrogens with one attached hydrogen (secondary N) is 1. The van der Waals surface area contributed by atoms with Crippen LogP contribution < -0.4 is 9.47 Å². The Hall–Kier alpha value is -3.53. The number of aromatic nitrogens is 3. The number of carbonyl (C=O) groups excluding carboxylic acids is 1. The molecule has 156 valence electrons. The number of oxazole rings is 1. The molecule has 10 heteroatoms. The third kappa shape index (κ3) is 3.48. The number of benzene rings is 2. The van der Waals surface area contributed by atoms with Crippen molar-refractivity contribution in [1.29, 1.82) is 0 Å². The van der Waals surface area contributed by atoms with Crippen molar-refractivity contribution in [3.63, 3.8) is 0 Å². The van der Waals surface area contributed by atoms with Gasteiger partial charge in [0.05, 0.1) is 11.4 Å². The Morgan fingerprint density at radius 3 is 2.65 bits per heavy atom. The number of H-pyrrole nitrogens is 1. The molecule has 0 bridgehead atoms. The van der Waals surface area contributed by atoms with Crippen LogP contribution in [0.1, 0.15) is 16.4 Å². The Balaban J connectivity index is 1.66. The van der Waals surface area contributed by atoms with Gasteiger partial charge >= 0.3 is 6.29 Å². The largest absolute Gasteiger partial charge is 0.586 e. The molecule has 5 rings (SSSR count). The van der Waals surface area contributed by atoms with Crippen LogP contribution in [0.25, 0.3) is 33.8 Å². The van der Waals surface area contributed by atoms with E-state index in [-0.39, 0.29) is 11.5 Å². The SMILES string of the molecule is Cc1nc(-c2ccc3c(c2)OC(F)(F)O3)c(-c2cc(Br)ccc2-c2cc(C=O)[nH]n2)o1. The number of alkyl halides is 2. The van der Waals surface area contributed by atoms with Gasteiger partial charge in [-0.15, -0.1) is 8.78 Å². The van der Waals surface area contributed by atoms with Gasteiger partial charge in [0.15, 0.2) is 29.4 Å². The summed E-state index contributed by atoms with van der Waals surface area (Å²) in [6.45, 7) is 1.69. The van der Waals surface area contributed by atoms with E-state index in [4.69, 9.17) is 4.42 Å². The predicted molar refractivity (Wildman–Crippen MR) is 109 cm³/mol. The third-order valence-electron chi connectivity index (χ3n) is 4.64. The van der Waals surface area contributed by atoms with Crippen molar-refractivity contribution in [2.24, 2.45) is 0 Å². The van der Waals surface area contributed by atoms with Crippen molar-refractivity contribution >= 4 is 22.2 Å². The van der Waals surface area contributed by atoms with E-state index in [1.807, 2.05) is 18.2 Å². The lowest BCUT2D eigenvalue weighted by molar-refractivity contribution is -0.286. The molecule has 0 atom stereocenters. The maximum absolute atomic E-state index is 13.4. The maximum Gasteiger partial charge on any atom is 0.586 e. The van der Waals surface area contributed by atoms with Gasteiger partial charge in [0.25, 0.3) is 0 Å². The van der Waals surface area contributed by atoms with Crippen molar-refractivity contribution in [2.75, 3.05) is 0 Å². The van der Waals surface area contributed by atoms with Gasteiger partial charge in [-0.3, -0.25) is 9.89 Å². The fourth-order valence-electron chi connectivity index (χ4n) is 3.36. The van der Waals surface area contributed by atoms with E-state index in [2.05, 4.69) is 40.6 Å². The van der Waals surface area contributed by atoms with Gasteiger partial charge in [0, 0.05) is 28.1 Å². The Morgan fingerprint density at radius 2 is 1.87 bits per heavy atom. The molecule has 0 radical (unpaired) electrons. The van der Waals surface area contributed by atoms with Crippen molar-refractivity contribution in [3.8, 4) is 45.3 Å². The molecule has 3 heterocycles. The van der Waals surface area contributed by atoms with Crippen LogP contribution in [0.4, 0.5) is 8.78 Å². The molecular weight excluding hydrogens is 476 g/mol. The maximum atomic E-state index is 13.4. The number of nitrogens with zero attached hydrogens (tertiary/aromatic N) is 2. The monoisotopic (exact) mass is 487 g/mol. The van der Waals surface area contributed by atoms with Crippen molar-refractivity contribution < 1.29 is 27.5 Å². The van der Waals surface area contributed by atoms with E-state index in [1.54, 1.807) is 19.1 Å². The zero-order valence-electron chi connectivity index (χ0n) is 15.8. The number of carbonyl (C=O) groups is 1. The molecule has 0 fully saturated rings. The van der Waals surface area contributed by atoms with E-state index in [0.29, 0.717) is 51.7 Å². The van der Waals surface area contributed by atoms with Crippen LogP contribution in [-0.2, 0) is 0 Å². The number of aryl methyl sites for hydroxylation is 1. The van der Waals surface area contributed by atoms with Crippen LogP contribution in [0.15, 0.2) is 51.4 Å². The fraction of sp³-hybridized carbons (Fsp3) is 0.0952. The summed E-state index contributed by atoms with van der Waals surface area (Å²) in [4.78, 5) is 15.5. The average Bonchev–Trinajstić information content (AvgIpc) is 3.42. The lowest BCUT2D eigenvalue weighted by Crippen LogP contribution is -2.25. The second-order valence-electron chi connectivity index (χ2n) is 6.76. The third-order valence-corrected chi connectivity index (χ3v) is 5.13. The average molecular weight is 488 g/mol.